The molecule has 2 aromatic rings. The summed E-state index contributed by atoms with van der Waals surface area (Å²) in [5, 5.41) is 16.2. The molecule has 0 atom stereocenters. The molecule has 0 saturated carbocycles. The standard InChI is InChI=1S/C15H19N3O3/c1-2-3-8-18(9-10-19)15(21)13-14(20)11-6-4-5-7-12(11)16-17-13/h4-7,19H,2-3,8-10H2,1H3,(H,16,20). The second-order valence-corrected chi connectivity index (χ2v) is 4.82. The fraction of sp³-hybridized carbons (Fsp3) is 0.400. The average Bonchev–Trinajstić information content (AvgIpc) is 2.51. The van der Waals surface area contributed by atoms with Crippen LogP contribution in [-0.2, 0) is 0 Å². The average molecular weight is 289 g/mol. The number of nitrogens with zero attached hydrogens (tertiary/aromatic N) is 2. The van der Waals surface area contributed by atoms with Crippen molar-refractivity contribution in [3.8, 4) is 0 Å². The van der Waals surface area contributed by atoms with Crippen molar-refractivity contribution < 1.29 is 9.90 Å². The van der Waals surface area contributed by atoms with E-state index < -0.39 is 5.91 Å². The van der Waals surface area contributed by atoms with Crippen molar-refractivity contribution >= 4 is 16.8 Å². The monoisotopic (exact) mass is 289 g/mol. The molecule has 0 bridgehead atoms. The van der Waals surface area contributed by atoms with E-state index in [0.717, 1.165) is 12.8 Å². The van der Waals surface area contributed by atoms with Gasteiger partial charge in [0.15, 0.2) is 5.69 Å². The number of rotatable bonds is 6. The van der Waals surface area contributed by atoms with Crippen LogP contribution in [0, 0.1) is 0 Å². The highest BCUT2D eigenvalue weighted by Gasteiger charge is 2.20. The lowest BCUT2D eigenvalue weighted by Gasteiger charge is -2.20. The molecule has 21 heavy (non-hydrogen) atoms. The highest BCUT2D eigenvalue weighted by molar-refractivity contribution is 5.95. The molecule has 1 aromatic carbocycles. The zero-order chi connectivity index (χ0) is 15.2. The van der Waals surface area contributed by atoms with Gasteiger partial charge in [0.2, 0.25) is 5.43 Å². The third-order valence-electron chi connectivity index (χ3n) is 3.32. The predicted octanol–water partition coefficient (Wildman–Crippen LogP) is 1.16. The molecule has 0 spiro atoms. The van der Waals surface area contributed by atoms with E-state index in [1.54, 1.807) is 24.3 Å². The van der Waals surface area contributed by atoms with E-state index >= 15 is 0 Å². The molecule has 1 aromatic heterocycles. The van der Waals surface area contributed by atoms with Crippen molar-refractivity contribution in [2.24, 2.45) is 0 Å². The third-order valence-corrected chi connectivity index (χ3v) is 3.32. The topological polar surface area (TPSA) is 86.3 Å². The second-order valence-electron chi connectivity index (χ2n) is 4.82. The molecule has 0 radical (unpaired) electrons. The molecule has 0 fully saturated rings. The first kappa shape index (κ1) is 15.2. The molecular formula is C15H19N3O3. The largest absolute Gasteiger partial charge is 0.395 e. The molecule has 0 saturated heterocycles. The number of aromatic nitrogens is 2. The number of benzene rings is 1. The number of nitrogens with one attached hydrogen (secondary N) is 1. The fourth-order valence-electron chi connectivity index (χ4n) is 2.15. The molecule has 6 heteroatoms. The molecule has 1 heterocycles. The Kier molecular flexibility index (Phi) is 5.05. The van der Waals surface area contributed by atoms with Crippen molar-refractivity contribution in [3.63, 3.8) is 0 Å². The van der Waals surface area contributed by atoms with Crippen LogP contribution < -0.4 is 5.43 Å². The van der Waals surface area contributed by atoms with E-state index in [1.807, 2.05) is 6.92 Å². The number of aromatic amines is 1. The van der Waals surface area contributed by atoms with E-state index in [4.69, 9.17) is 5.11 Å². The van der Waals surface area contributed by atoms with Crippen molar-refractivity contribution in [3.05, 3.63) is 40.2 Å². The fourth-order valence-corrected chi connectivity index (χ4v) is 2.15. The minimum Gasteiger partial charge on any atom is -0.395 e. The number of aliphatic hydroxyl groups excluding tert-OH is 1. The minimum atomic E-state index is -0.440. The Labute approximate surface area is 122 Å². The lowest BCUT2D eigenvalue weighted by Crippen LogP contribution is -2.38. The maximum absolute atomic E-state index is 12.4. The smallest absolute Gasteiger partial charge is 0.278 e. The Bertz CT molecular complexity index is 681. The number of aliphatic hydroxyl groups is 1. The Morgan fingerprint density at radius 3 is 2.81 bits per heavy atom. The van der Waals surface area contributed by atoms with Gasteiger partial charge in [0, 0.05) is 18.5 Å². The zero-order valence-corrected chi connectivity index (χ0v) is 12.0. The number of carbonyl (C=O) groups excluding carboxylic acids is 1. The van der Waals surface area contributed by atoms with E-state index in [-0.39, 0.29) is 24.3 Å². The third kappa shape index (κ3) is 3.28. The summed E-state index contributed by atoms with van der Waals surface area (Å²) in [4.78, 5) is 26.3. The molecular weight excluding hydrogens is 270 g/mol. The maximum Gasteiger partial charge on any atom is 0.278 e. The molecule has 0 aliphatic heterocycles. The number of H-pyrrole nitrogens is 1. The van der Waals surface area contributed by atoms with Crippen molar-refractivity contribution in [2.45, 2.75) is 19.8 Å². The van der Waals surface area contributed by atoms with Crippen LogP contribution in [0.2, 0.25) is 0 Å². The first-order valence-electron chi connectivity index (χ1n) is 7.06. The van der Waals surface area contributed by atoms with Gasteiger partial charge < -0.3 is 10.0 Å². The molecule has 1 amide bonds. The number of amides is 1. The van der Waals surface area contributed by atoms with E-state index in [2.05, 4.69) is 10.2 Å². The quantitative estimate of drug-likeness (QED) is 0.835. The summed E-state index contributed by atoms with van der Waals surface area (Å²) in [6.07, 6.45) is 1.74. The Morgan fingerprint density at radius 2 is 2.10 bits per heavy atom. The summed E-state index contributed by atoms with van der Waals surface area (Å²) in [6, 6.07) is 6.94. The van der Waals surface area contributed by atoms with Crippen molar-refractivity contribution in [1.29, 1.82) is 0 Å². The van der Waals surface area contributed by atoms with Crippen molar-refractivity contribution in [2.75, 3.05) is 19.7 Å². The summed E-state index contributed by atoms with van der Waals surface area (Å²) in [6.45, 7) is 2.58. The number of unbranched alkanes of at least 4 members (excludes halogenated alkanes) is 1. The molecule has 0 aliphatic carbocycles. The van der Waals surface area contributed by atoms with Crippen molar-refractivity contribution in [1.82, 2.24) is 15.1 Å². The number of hydrogen-bond donors (Lipinski definition) is 2. The first-order valence-corrected chi connectivity index (χ1v) is 7.06. The van der Waals surface area contributed by atoms with Gasteiger partial charge in [-0.25, -0.2) is 0 Å². The Morgan fingerprint density at radius 1 is 1.33 bits per heavy atom. The number of carbonyl (C=O) groups is 1. The second kappa shape index (κ2) is 6.99. The molecule has 0 unspecified atom stereocenters. The summed E-state index contributed by atoms with van der Waals surface area (Å²) < 4.78 is 0. The number of hydrogen-bond acceptors (Lipinski definition) is 4. The predicted molar refractivity (Wildman–Crippen MR) is 80.3 cm³/mol. The summed E-state index contributed by atoms with van der Waals surface area (Å²) in [5.41, 5.74) is 0.0911. The van der Waals surface area contributed by atoms with Gasteiger partial charge >= 0.3 is 0 Å². The van der Waals surface area contributed by atoms with Crippen LogP contribution in [-0.4, -0.2) is 45.8 Å². The van der Waals surface area contributed by atoms with Gasteiger partial charge in [0.25, 0.3) is 5.91 Å². The van der Waals surface area contributed by atoms with Gasteiger partial charge in [0.1, 0.15) is 0 Å². The van der Waals surface area contributed by atoms with Crippen LogP contribution in [0.15, 0.2) is 29.1 Å². The molecule has 112 valence electrons. The van der Waals surface area contributed by atoms with Gasteiger partial charge in [-0.2, -0.15) is 5.10 Å². The maximum atomic E-state index is 12.4. The number of fused-ring (bicyclic) bond motifs is 1. The Hall–Kier alpha value is -2.21. The first-order chi connectivity index (χ1) is 10.2. The van der Waals surface area contributed by atoms with Crippen LogP contribution in [0.4, 0.5) is 0 Å². The highest BCUT2D eigenvalue weighted by atomic mass is 16.3. The summed E-state index contributed by atoms with van der Waals surface area (Å²) in [7, 11) is 0. The van der Waals surface area contributed by atoms with Gasteiger partial charge in [-0.1, -0.05) is 25.5 Å². The summed E-state index contributed by atoms with van der Waals surface area (Å²) in [5.74, 6) is -0.440. The van der Waals surface area contributed by atoms with E-state index in [9.17, 15) is 9.59 Å². The lowest BCUT2D eigenvalue weighted by molar-refractivity contribution is 0.0711. The zero-order valence-electron chi connectivity index (χ0n) is 12.0. The molecule has 0 aliphatic rings. The Balaban J connectivity index is 2.37. The van der Waals surface area contributed by atoms with Gasteiger partial charge in [0.05, 0.1) is 12.1 Å². The van der Waals surface area contributed by atoms with Gasteiger partial charge in [-0.3, -0.25) is 14.7 Å². The molecule has 6 nitrogen and oxygen atoms in total. The van der Waals surface area contributed by atoms with Crippen LogP contribution >= 0.6 is 0 Å². The number of para-hydroxylation sites is 1. The van der Waals surface area contributed by atoms with E-state index in [1.165, 1.54) is 4.90 Å². The summed E-state index contributed by atoms with van der Waals surface area (Å²) >= 11 is 0. The van der Waals surface area contributed by atoms with Crippen LogP contribution in [0.25, 0.3) is 10.9 Å². The minimum absolute atomic E-state index is 0.127. The lowest BCUT2D eigenvalue weighted by atomic mass is 10.2. The van der Waals surface area contributed by atoms with Gasteiger partial charge in [-0.05, 0) is 18.6 Å². The molecule has 2 rings (SSSR count). The van der Waals surface area contributed by atoms with Gasteiger partial charge in [-0.15, -0.1) is 0 Å². The highest BCUT2D eigenvalue weighted by Crippen LogP contribution is 2.07. The van der Waals surface area contributed by atoms with Crippen LogP contribution in [0.1, 0.15) is 30.3 Å². The molecule has 2 N–H and O–H groups in total. The van der Waals surface area contributed by atoms with Crippen LogP contribution in [0.5, 0.6) is 0 Å². The normalized spacial score (nSPS) is 10.8. The van der Waals surface area contributed by atoms with E-state index in [0.29, 0.717) is 17.4 Å². The van der Waals surface area contributed by atoms with Crippen LogP contribution in [0.3, 0.4) is 0 Å². The SMILES string of the molecule is CCCCN(CCO)C(=O)c1n[nH]c2ccccc2c1=O.